The van der Waals surface area contributed by atoms with Gasteiger partial charge < -0.3 is 4.74 Å². The summed E-state index contributed by atoms with van der Waals surface area (Å²) in [6.07, 6.45) is 14.3. The molecule has 1 aromatic rings. The molecule has 2 atom stereocenters. The number of ether oxygens (including phenoxy) is 1. The molecule has 0 N–H and O–H groups in total. The lowest BCUT2D eigenvalue weighted by Crippen LogP contribution is -2.27. The van der Waals surface area contributed by atoms with E-state index >= 15 is 0 Å². The van der Waals surface area contributed by atoms with E-state index in [1.165, 1.54) is 56.9 Å². The Morgan fingerprint density at radius 1 is 1.10 bits per heavy atom. The zero-order valence-electron chi connectivity index (χ0n) is 13.3. The van der Waals surface area contributed by atoms with Crippen LogP contribution in [0.25, 0.3) is 0 Å². The van der Waals surface area contributed by atoms with Gasteiger partial charge in [-0.2, -0.15) is 0 Å². The van der Waals surface area contributed by atoms with Crippen LogP contribution in [0.5, 0.6) is 0 Å². The van der Waals surface area contributed by atoms with Crippen LogP contribution >= 0.6 is 0 Å². The van der Waals surface area contributed by atoms with E-state index in [4.69, 9.17) is 4.74 Å². The van der Waals surface area contributed by atoms with E-state index in [9.17, 15) is 0 Å². The van der Waals surface area contributed by atoms with Gasteiger partial charge in [0.25, 0.3) is 0 Å². The molecule has 1 aromatic carbocycles. The van der Waals surface area contributed by atoms with Crippen molar-refractivity contribution in [1.29, 1.82) is 0 Å². The highest BCUT2D eigenvalue weighted by atomic mass is 16.5. The molecule has 1 aliphatic heterocycles. The largest absolute Gasteiger partial charge is 0.359 e. The normalized spacial score (nSPS) is 29.4. The van der Waals surface area contributed by atoms with Crippen LogP contribution in [-0.2, 0) is 10.3 Å². The third-order valence-corrected chi connectivity index (χ3v) is 5.03. The lowest BCUT2D eigenvalue weighted by Gasteiger charge is -2.30. The molecule has 0 aromatic heterocycles. The Morgan fingerprint density at radius 2 is 1.90 bits per heavy atom. The maximum atomic E-state index is 6.68. The summed E-state index contributed by atoms with van der Waals surface area (Å²) in [5.41, 5.74) is 2.77. The first-order chi connectivity index (χ1) is 10.3. The summed E-state index contributed by atoms with van der Waals surface area (Å²) >= 11 is 0. The van der Waals surface area contributed by atoms with Gasteiger partial charge in [0.15, 0.2) is 0 Å². The van der Waals surface area contributed by atoms with Crippen LogP contribution in [0, 0.1) is 0 Å². The summed E-state index contributed by atoms with van der Waals surface area (Å²) in [4.78, 5) is 0. The number of hydrogen-bond acceptors (Lipinski definition) is 1. The van der Waals surface area contributed by atoms with Crippen molar-refractivity contribution in [3.05, 3.63) is 47.5 Å². The molecule has 0 bridgehead atoms. The Kier molecular flexibility index (Phi) is 4.80. The molecule has 1 fully saturated rings. The Labute approximate surface area is 129 Å². The van der Waals surface area contributed by atoms with E-state index in [2.05, 4.69) is 43.3 Å². The van der Waals surface area contributed by atoms with Gasteiger partial charge in [0.05, 0.1) is 6.10 Å². The fourth-order valence-electron chi connectivity index (χ4n) is 3.83. The molecule has 0 saturated heterocycles. The molecule has 0 spiro atoms. The van der Waals surface area contributed by atoms with Crippen LogP contribution in [0.3, 0.4) is 0 Å². The molecular weight excluding hydrogens is 256 g/mol. The van der Waals surface area contributed by atoms with Crippen molar-refractivity contribution in [2.75, 3.05) is 0 Å². The lowest BCUT2D eigenvalue weighted by molar-refractivity contribution is -0.0420. The summed E-state index contributed by atoms with van der Waals surface area (Å²) in [5.74, 6) is 0. The number of fused-ring (bicyclic) bond motifs is 1. The summed E-state index contributed by atoms with van der Waals surface area (Å²) in [5, 5.41) is 0. The Hall–Kier alpha value is -1.08. The average Bonchev–Trinajstić information content (AvgIpc) is 2.85. The summed E-state index contributed by atoms with van der Waals surface area (Å²) in [6.45, 7) is 2.27. The van der Waals surface area contributed by atoms with Crippen LogP contribution in [0.4, 0.5) is 0 Å². The maximum absolute atomic E-state index is 6.68. The number of benzene rings is 1. The minimum Gasteiger partial charge on any atom is -0.359 e. The second kappa shape index (κ2) is 6.79. The van der Waals surface area contributed by atoms with E-state index in [1.54, 1.807) is 5.57 Å². The highest BCUT2D eigenvalue weighted by Gasteiger charge is 2.40. The molecule has 1 aliphatic carbocycles. The van der Waals surface area contributed by atoms with Crippen LogP contribution in [-0.4, -0.2) is 6.10 Å². The van der Waals surface area contributed by atoms with Gasteiger partial charge in [-0.1, -0.05) is 69.4 Å². The minimum absolute atomic E-state index is 0.151. The van der Waals surface area contributed by atoms with Crippen molar-refractivity contribution in [2.24, 2.45) is 0 Å². The predicted octanol–water partition coefficient (Wildman–Crippen LogP) is 5.75. The third-order valence-electron chi connectivity index (χ3n) is 5.03. The van der Waals surface area contributed by atoms with Crippen molar-refractivity contribution in [3.8, 4) is 0 Å². The van der Waals surface area contributed by atoms with Crippen molar-refractivity contribution in [2.45, 2.75) is 76.4 Å². The van der Waals surface area contributed by atoms with Gasteiger partial charge in [-0.3, -0.25) is 0 Å². The Balaban J connectivity index is 1.90. The number of rotatable bonds is 4. The fourth-order valence-corrected chi connectivity index (χ4v) is 3.83. The van der Waals surface area contributed by atoms with Crippen LogP contribution in [0.2, 0.25) is 0 Å². The summed E-state index contributed by atoms with van der Waals surface area (Å²) in [7, 11) is 0. The van der Waals surface area contributed by atoms with Gasteiger partial charge in [0, 0.05) is 0 Å². The zero-order valence-corrected chi connectivity index (χ0v) is 13.3. The maximum Gasteiger partial charge on any atom is 0.112 e. The van der Waals surface area contributed by atoms with E-state index in [1.807, 2.05) is 0 Å². The third kappa shape index (κ3) is 3.23. The molecule has 0 amide bonds. The molecular formula is C20H28O. The van der Waals surface area contributed by atoms with Gasteiger partial charge in [-0.15, -0.1) is 0 Å². The lowest BCUT2D eigenvalue weighted by atomic mass is 9.87. The van der Waals surface area contributed by atoms with Gasteiger partial charge in [-0.05, 0) is 42.9 Å². The molecule has 114 valence electrons. The summed E-state index contributed by atoms with van der Waals surface area (Å²) < 4.78 is 6.68. The highest BCUT2D eigenvalue weighted by Crippen LogP contribution is 2.44. The fraction of sp³-hybridized carbons (Fsp3) is 0.600. The standard InChI is InChI=1S/C20H28O/c1-2-3-15-20(18-12-8-6-9-13-18)16-17-11-7-4-5-10-14-19(17)21-20/h6,8-9,12-13,16,19H,2-5,7,10-11,14-15H2,1H3/t19-,20-/m1/s1. The molecule has 0 unspecified atom stereocenters. The van der Waals surface area contributed by atoms with Crippen molar-refractivity contribution >= 4 is 0 Å². The first-order valence-corrected chi connectivity index (χ1v) is 8.79. The minimum atomic E-state index is -0.151. The highest BCUT2D eigenvalue weighted by molar-refractivity contribution is 5.34. The topological polar surface area (TPSA) is 9.23 Å². The van der Waals surface area contributed by atoms with Crippen molar-refractivity contribution in [1.82, 2.24) is 0 Å². The van der Waals surface area contributed by atoms with Gasteiger partial charge >= 0.3 is 0 Å². The Bertz CT molecular complexity index is 476. The second-order valence-corrected chi connectivity index (χ2v) is 6.64. The van der Waals surface area contributed by atoms with E-state index in [-0.39, 0.29) is 5.60 Å². The quantitative estimate of drug-likeness (QED) is 0.639. The van der Waals surface area contributed by atoms with Crippen LogP contribution < -0.4 is 0 Å². The predicted molar refractivity (Wildman–Crippen MR) is 88.3 cm³/mol. The van der Waals surface area contributed by atoms with Crippen molar-refractivity contribution in [3.63, 3.8) is 0 Å². The molecule has 1 heterocycles. The molecule has 1 heteroatoms. The van der Waals surface area contributed by atoms with Crippen LogP contribution in [0.15, 0.2) is 42.0 Å². The zero-order chi connectivity index (χ0) is 14.5. The SMILES string of the molecule is CCCC[C@]1(c2ccccc2)C=C2CCCCCC[C@H]2O1. The van der Waals surface area contributed by atoms with E-state index < -0.39 is 0 Å². The van der Waals surface area contributed by atoms with Crippen molar-refractivity contribution < 1.29 is 4.74 Å². The summed E-state index contributed by atoms with van der Waals surface area (Å²) in [6, 6.07) is 10.9. The van der Waals surface area contributed by atoms with Gasteiger partial charge in [-0.25, -0.2) is 0 Å². The van der Waals surface area contributed by atoms with Gasteiger partial charge in [0.1, 0.15) is 5.60 Å². The van der Waals surface area contributed by atoms with E-state index in [0.717, 1.165) is 6.42 Å². The first-order valence-electron chi connectivity index (χ1n) is 8.79. The Morgan fingerprint density at radius 3 is 2.71 bits per heavy atom. The molecule has 0 radical (unpaired) electrons. The molecule has 1 saturated carbocycles. The molecule has 2 aliphatic rings. The average molecular weight is 284 g/mol. The monoisotopic (exact) mass is 284 g/mol. The first kappa shape index (κ1) is 14.8. The molecule has 21 heavy (non-hydrogen) atoms. The number of hydrogen-bond donors (Lipinski definition) is 0. The number of unbranched alkanes of at least 4 members (excludes halogenated alkanes) is 1. The van der Waals surface area contributed by atoms with Gasteiger partial charge in [0.2, 0.25) is 0 Å². The van der Waals surface area contributed by atoms with Crippen LogP contribution in [0.1, 0.15) is 70.3 Å². The van der Waals surface area contributed by atoms with E-state index in [0.29, 0.717) is 6.10 Å². The smallest absolute Gasteiger partial charge is 0.112 e. The molecule has 3 rings (SSSR count). The molecule has 1 nitrogen and oxygen atoms in total. The second-order valence-electron chi connectivity index (χ2n) is 6.64.